The van der Waals surface area contributed by atoms with Crippen LogP contribution in [-0.4, -0.2) is 0 Å². The highest BCUT2D eigenvalue weighted by Gasteiger charge is 1.98. The lowest BCUT2D eigenvalue weighted by Crippen LogP contribution is -1.73. The van der Waals surface area contributed by atoms with E-state index in [4.69, 9.17) is 9.68 Å². The number of hydrogen-bond donors (Lipinski definition) is 0. The van der Waals surface area contributed by atoms with Crippen molar-refractivity contribution in [3.8, 4) is 6.07 Å². The van der Waals surface area contributed by atoms with Crippen LogP contribution >= 0.6 is 0 Å². The SMILES string of the molecule is Cc1ccc2oc(C)cc2c1.Cc1cccc(C#N)c1. The van der Waals surface area contributed by atoms with Crippen LogP contribution < -0.4 is 0 Å². The minimum Gasteiger partial charge on any atom is -0.461 e. The van der Waals surface area contributed by atoms with E-state index >= 15 is 0 Å². The molecule has 0 saturated carbocycles. The van der Waals surface area contributed by atoms with Crippen molar-refractivity contribution in [1.29, 1.82) is 5.26 Å². The summed E-state index contributed by atoms with van der Waals surface area (Å²) in [6.45, 7) is 6.03. The first kappa shape index (κ1) is 13.9. The van der Waals surface area contributed by atoms with Gasteiger partial charge in [0.15, 0.2) is 0 Å². The maximum atomic E-state index is 8.41. The highest BCUT2D eigenvalue weighted by Crippen LogP contribution is 2.19. The van der Waals surface area contributed by atoms with Crippen molar-refractivity contribution in [2.45, 2.75) is 20.8 Å². The molecule has 2 nitrogen and oxygen atoms in total. The van der Waals surface area contributed by atoms with Crippen molar-refractivity contribution in [2.75, 3.05) is 0 Å². The first-order chi connectivity index (χ1) is 9.58. The predicted octanol–water partition coefficient (Wildman–Crippen LogP) is 4.92. The van der Waals surface area contributed by atoms with Crippen molar-refractivity contribution in [3.05, 3.63) is 71.0 Å². The van der Waals surface area contributed by atoms with Crippen LogP contribution in [-0.2, 0) is 0 Å². The molecule has 100 valence electrons. The van der Waals surface area contributed by atoms with Gasteiger partial charge in [-0.05, 0) is 56.7 Å². The molecule has 0 unspecified atom stereocenters. The number of fused-ring (bicyclic) bond motifs is 1. The summed E-state index contributed by atoms with van der Waals surface area (Å²) in [6, 6.07) is 17.8. The molecule has 0 N–H and O–H groups in total. The zero-order chi connectivity index (χ0) is 14.5. The molecule has 0 saturated heterocycles. The van der Waals surface area contributed by atoms with Crippen molar-refractivity contribution < 1.29 is 4.42 Å². The Balaban J connectivity index is 0.000000151. The van der Waals surface area contributed by atoms with Crippen molar-refractivity contribution in [3.63, 3.8) is 0 Å². The maximum Gasteiger partial charge on any atom is 0.134 e. The number of nitriles is 1. The normalized spacial score (nSPS) is 9.70. The molecule has 3 aromatic rings. The van der Waals surface area contributed by atoms with E-state index in [-0.39, 0.29) is 0 Å². The summed E-state index contributed by atoms with van der Waals surface area (Å²) < 4.78 is 5.42. The standard InChI is InChI=1S/C10H10O.C8H7N/c1-7-3-4-10-9(5-7)6-8(2)11-10;1-7-3-2-4-8(5-7)6-9/h3-6H,1-2H3;2-5H,1H3. The van der Waals surface area contributed by atoms with Gasteiger partial charge in [0.25, 0.3) is 0 Å². The van der Waals surface area contributed by atoms with Crippen LogP contribution in [0, 0.1) is 32.1 Å². The number of rotatable bonds is 0. The smallest absolute Gasteiger partial charge is 0.134 e. The van der Waals surface area contributed by atoms with Crippen molar-refractivity contribution in [1.82, 2.24) is 0 Å². The van der Waals surface area contributed by atoms with Crippen LogP contribution in [0.4, 0.5) is 0 Å². The summed E-state index contributed by atoms with van der Waals surface area (Å²) in [4.78, 5) is 0. The van der Waals surface area contributed by atoms with Gasteiger partial charge in [0.05, 0.1) is 11.6 Å². The summed E-state index contributed by atoms with van der Waals surface area (Å²) in [6.07, 6.45) is 0. The van der Waals surface area contributed by atoms with Gasteiger partial charge in [0, 0.05) is 5.39 Å². The Morgan fingerprint density at radius 3 is 2.30 bits per heavy atom. The fourth-order valence-corrected chi connectivity index (χ4v) is 2.01. The monoisotopic (exact) mass is 263 g/mol. The van der Waals surface area contributed by atoms with Crippen LogP contribution in [0.1, 0.15) is 22.5 Å². The molecule has 2 heteroatoms. The van der Waals surface area contributed by atoms with Gasteiger partial charge < -0.3 is 4.42 Å². The average molecular weight is 263 g/mol. The molecule has 2 aromatic carbocycles. The molecule has 1 aromatic heterocycles. The third-order valence-electron chi connectivity index (χ3n) is 2.94. The molecular formula is C18H17NO. The number of benzene rings is 2. The molecule has 20 heavy (non-hydrogen) atoms. The summed E-state index contributed by atoms with van der Waals surface area (Å²) in [7, 11) is 0. The van der Waals surface area contributed by atoms with Crippen LogP contribution in [0.15, 0.2) is 52.9 Å². The number of hydrogen-bond acceptors (Lipinski definition) is 2. The molecule has 0 aliphatic carbocycles. The number of aryl methyl sites for hydroxylation is 3. The van der Waals surface area contributed by atoms with E-state index in [0.29, 0.717) is 0 Å². The lowest BCUT2D eigenvalue weighted by Gasteiger charge is -1.89. The molecule has 0 amide bonds. The quantitative estimate of drug-likeness (QED) is 0.577. The Morgan fingerprint density at radius 1 is 0.900 bits per heavy atom. The zero-order valence-electron chi connectivity index (χ0n) is 12.0. The van der Waals surface area contributed by atoms with E-state index in [1.165, 1.54) is 10.9 Å². The fraction of sp³-hybridized carbons (Fsp3) is 0.167. The molecule has 0 bridgehead atoms. The van der Waals surface area contributed by atoms with E-state index in [0.717, 1.165) is 22.5 Å². The van der Waals surface area contributed by atoms with Crippen LogP contribution in [0.5, 0.6) is 0 Å². The lowest BCUT2D eigenvalue weighted by atomic mass is 10.2. The van der Waals surface area contributed by atoms with Gasteiger partial charge in [-0.1, -0.05) is 23.8 Å². The topological polar surface area (TPSA) is 36.9 Å². The van der Waals surface area contributed by atoms with Gasteiger partial charge in [-0.25, -0.2) is 0 Å². The Bertz CT molecular complexity index is 762. The summed E-state index contributed by atoms with van der Waals surface area (Å²) >= 11 is 0. The maximum absolute atomic E-state index is 8.41. The largest absolute Gasteiger partial charge is 0.461 e. The first-order valence-corrected chi connectivity index (χ1v) is 6.52. The van der Waals surface area contributed by atoms with E-state index in [9.17, 15) is 0 Å². The van der Waals surface area contributed by atoms with E-state index in [2.05, 4.69) is 31.2 Å². The highest BCUT2D eigenvalue weighted by molar-refractivity contribution is 5.78. The highest BCUT2D eigenvalue weighted by atomic mass is 16.3. The third kappa shape index (κ3) is 3.49. The summed E-state index contributed by atoms with van der Waals surface area (Å²) in [5.74, 6) is 0.977. The van der Waals surface area contributed by atoms with Gasteiger partial charge in [-0.15, -0.1) is 0 Å². The molecule has 0 aliphatic heterocycles. The van der Waals surface area contributed by atoms with E-state index < -0.39 is 0 Å². The number of nitrogens with zero attached hydrogens (tertiary/aromatic N) is 1. The van der Waals surface area contributed by atoms with Crippen molar-refractivity contribution >= 4 is 11.0 Å². The van der Waals surface area contributed by atoms with Gasteiger partial charge >= 0.3 is 0 Å². The van der Waals surface area contributed by atoms with Crippen molar-refractivity contribution in [2.24, 2.45) is 0 Å². The second-order valence-electron chi connectivity index (χ2n) is 4.88. The fourth-order valence-electron chi connectivity index (χ4n) is 2.01. The molecule has 0 aliphatic rings. The second-order valence-corrected chi connectivity index (χ2v) is 4.88. The first-order valence-electron chi connectivity index (χ1n) is 6.52. The van der Waals surface area contributed by atoms with E-state index in [1.54, 1.807) is 6.07 Å². The van der Waals surface area contributed by atoms with E-state index in [1.807, 2.05) is 38.1 Å². The predicted molar refractivity (Wildman–Crippen MR) is 81.6 cm³/mol. The van der Waals surface area contributed by atoms with Gasteiger partial charge in [-0.2, -0.15) is 5.26 Å². The van der Waals surface area contributed by atoms with Gasteiger partial charge in [0.2, 0.25) is 0 Å². The Hall–Kier alpha value is -2.53. The molecule has 0 fully saturated rings. The minimum absolute atomic E-state index is 0.731. The molecule has 1 heterocycles. The molecule has 3 rings (SSSR count). The second kappa shape index (κ2) is 6.08. The van der Waals surface area contributed by atoms with Gasteiger partial charge in [0.1, 0.15) is 11.3 Å². The summed E-state index contributed by atoms with van der Waals surface area (Å²) in [5.41, 5.74) is 4.12. The average Bonchev–Trinajstić information content (AvgIpc) is 2.78. The molecule has 0 spiro atoms. The van der Waals surface area contributed by atoms with Crippen LogP contribution in [0.2, 0.25) is 0 Å². The molecule has 0 atom stereocenters. The number of furan rings is 1. The third-order valence-corrected chi connectivity index (χ3v) is 2.94. The summed E-state index contributed by atoms with van der Waals surface area (Å²) in [5, 5.41) is 9.61. The van der Waals surface area contributed by atoms with Gasteiger partial charge in [-0.3, -0.25) is 0 Å². The Kier molecular flexibility index (Phi) is 4.22. The van der Waals surface area contributed by atoms with Crippen LogP contribution in [0.25, 0.3) is 11.0 Å². The Morgan fingerprint density at radius 2 is 1.65 bits per heavy atom. The molecular weight excluding hydrogens is 246 g/mol. The molecule has 0 radical (unpaired) electrons. The zero-order valence-corrected chi connectivity index (χ0v) is 12.0. The minimum atomic E-state index is 0.731. The Labute approximate surface area is 119 Å². The lowest BCUT2D eigenvalue weighted by molar-refractivity contribution is 0.578. The van der Waals surface area contributed by atoms with Crippen LogP contribution in [0.3, 0.4) is 0 Å².